The summed E-state index contributed by atoms with van der Waals surface area (Å²) in [6.07, 6.45) is 0. The number of ether oxygens (including phenoxy) is 1. The third kappa shape index (κ3) is 4.46. The second-order valence-electron chi connectivity index (χ2n) is 3.84. The lowest BCUT2D eigenvalue weighted by molar-refractivity contribution is -0.115. The summed E-state index contributed by atoms with van der Waals surface area (Å²) in [7, 11) is 2.11. The maximum Gasteiger partial charge on any atom is 0.230 e. The van der Waals surface area contributed by atoms with Gasteiger partial charge in [-0.2, -0.15) is 0 Å². The van der Waals surface area contributed by atoms with Gasteiger partial charge < -0.3 is 15.8 Å². The van der Waals surface area contributed by atoms with E-state index < -0.39 is 16.7 Å². The maximum atomic E-state index is 11.7. The predicted molar refractivity (Wildman–Crippen MR) is 71.9 cm³/mol. The zero-order valence-corrected chi connectivity index (χ0v) is 11.3. The molecule has 18 heavy (non-hydrogen) atoms. The van der Waals surface area contributed by atoms with E-state index in [9.17, 15) is 9.00 Å². The Balaban J connectivity index is 2.76. The largest absolute Gasteiger partial charge is 0.497 e. The third-order valence-electron chi connectivity index (χ3n) is 2.50. The van der Waals surface area contributed by atoms with Crippen molar-refractivity contribution in [1.29, 1.82) is 0 Å². The summed E-state index contributed by atoms with van der Waals surface area (Å²) in [6, 6.07) is 7.42. The third-order valence-corrected chi connectivity index (χ3v) is 3.81. The van der Waals surface area contributed by atoms with E-state index in [1.54, 1.807) is 14.2 Å². The van der Waals surface area contributed by atoms with Crippen molar-refractivity contribution in [3.63, 3.8) is 0 Å². The van der Waals surface area contributed by atoms with E-state index in [1.165, 1.54) is 0 Å². The van der Waals surface area contributed by atoms with Gasteiger partial charge in [0.1, 0.15) is 11.5 Å². The van der Waals surface area contributed by atoms with Gasteiger partial charge >= 0.3 is 0 Å². The molecule has 3 N–H and O–H groups in total. The number of rotatable bonds is 7. The SMILES string of the molecule is CNC(CS(=O)CC(N)=O)c1cccc(OC)c1. The average Bonchev–Trinajstić information content (AvgIpc) is 2.35. The fraction of sp³-hybridized carbons (Fsp3) is 0.417. The minimum atomic E-state index is -1.27. The molecule has 0 saturated carbocycles. The first kappa shape index (κ1) is 14.7. The van der Waals surface area contributed by atoms with Gasteiger partial charge in [-0.25, -0.2) is 0 Å². The normalized spacial score (nSPS) is 13.9. The van der Waals surface area contributed by atoms with Crippen LogP contribution in [-0.4, -0.2) is 35.8 Å². The highest BCUT2D eigenvalue weighted by molar-refractivity contribution is 7.85. The summed E-state index contributed by atoms with van der Waals surface area (Å²) in [4.78, 5) is 10.7. The minimum Gasteiger partial charge on any atom is -0.497 e. The van der Waals surface area contributed by atoms with E-state index in [0.717, 1.165) is 11.3 Å². The predicted octanol–water partition coefficient (Wildman–Crippen LogP) is 0.190. The molecule has 1 amide bonds. The molecule has 0 radical (unpaired) electrons. The Kier molecular flexibility index (Phi) is 5.80. The van der Waals surface area contributed by atoms with Crippen LogP contribution < -0.4 is 15.8 Å². The molecule has 5 nitrogen and oxygen atoms in total. The summed E-state index contributed by atoms with van der Waals surface area (Å²) in [5.41, 5.74) is 5.99. The quantitative estimate of drug-likeness (QED) is 0.741. The number of primary amides is 1. The molecule has 1 aromatic rings. The molecule has 0 spiro atoms. The van der Waals surface area contributed by atoms with Crippen LogP contribution in [0.5, 0.6) is 5.75 Å². The van der Waals surface area contributed by atoms with Crippen molar-refractivity contribution in [2.24, 2.45) is 5.73 Å². The second-order valence-corrected chi connectivity index (χ2v) is 5.34. The van der Waals surface area contributed by atoms with E-state index in [1.807, 2.05) is 24.3 Å². The van der Waals surface area contributed by atoms with Crippen LogP contribution >= 0.6 is 0 Å². The number of hydrogen-bond acceptors (Lipinski definition) is 4. The number of nitrogens with one attached hydrogen (secondary N) is 1. The molecule has 6 heteroatoms. The van der Waals surface area contributed by atoms with Crippen LogP contribution in [0.2, 0.25) is 0 Å². The molecule has 2 atom stereocenters. The van der Waals surface area contributed by atoms with Crippen LogP contribution in [0, 0.1) is 0 Å². The lowest BCUT2D eigenvalue weighted by atomic mass is 10.1. The molecule has 0 saturated heterocycles. The molecule has 0 heterocycles. The Hall–Kier alpha value is -1.40. The summed E-state index contributed by atoms with van der Waals surface area (Å²) in [6.45, 7) is 0. The van der Waals surface area contributed by atoms with Crippen molar-refractivity contribution >= 4 is 16.7 Å². The molecule has 2 unspecified atom stereocenters. The smallest absolute Gasteiger partial charge is 0.230 e. The van der Waals surface area contributed by atoms with Gasteiger partial charge in [-0.3, -0.25) is 9.00 Å². The fourth-order valence-corrected chi connectivity index (χ4v) is 2.77. The highest BCUT2D eigenvalue weighted by atomic mass is 32.2. The summed E-state index contributed by atoms with van der Waals surface area (Å²) >= 11 is 0. The van der Waals surface area contributed by atoms with Crippen molar-refractivity contribution in [2.75, 3.05) is 25.7 Å². The maximum absolute atomic E-state index is 11.7. The molecule has 0 bridgehead atoms. The minimum absolute atomic E-state index is 0.0970. The van der Waals surface area contributed by atoms with Crippen LogP contribution in [0.15, 0.2) is 24.3 Å². The van der Waals surface area contributed by atoms with E-state index in [-0.39, 0.29) is 11.8 Å². The Bertz CT molecular complexity index is 437. The Morgan fingerprint density at radius 2 is 2.28 bits per heavy atom. The van der Waals surface area contributed by atoms with Crippen LogP contribution in [0.1, 0.15) is 11.6 Å². The molecule has 100 valence electrons. The number of carbonyl (C=O) groups is 1. The topological polar surface area (TPSA) is 81.4 Å². The first-order valence-electron chi connectivity index (χ1n) is 5.51. The molecule has 0 aromatic heterocycles. The van der Waals surface area contributed by atoms with Crippen molar-refractivity contribution in [1.82, 2.24) is 5.32 Å². The molecule has 0 aliphatic rings. The van der Waals surface area contributed by atoms with Crippen molar-refractivity contribution < 1.29 is 13.7 Å². The number of nitrogens with two attached hydrogens (primary N) is 1. The highest BCUT2D eigenvalue weighted by Crippen LogP contribution is 2.19. The van der Waals surface area contributed by atoms with Gasteiger partial charge in [-0.05, 0) is 24.7 Å². The second kappa shape index (κ2) is 7.13. The Morgan fingerprint density at radius 3 is 2.83 bits per heavy atom. The molecule has 0 fully saturated rings. The van der Waals surface area contributed by atoms with Gasteiger partial charge in [0.15, 0.2) is 0 Å². The molecule has 0 aliphatic carbocycles. The number of amides is 1. The Morgan fingerprint density at radius 1 is 1.56 bits per heavy atom. The van der Waals surface area contributed by atoms with Crippen LogP contribution in [-0.2, 0) is 15.6 Å². The first-order chi connectivity index (χ1) is 8.56. The van der Waals surface area contributed by atoms with Crippen LogP contribution in [0.4, 0.5) is 0 Å². The summed E-state index contributed by atoms with van der Waals surface area (Å²) in [5.74, 6) is 0.427. The fourth-order valence-electron chi connectivity index (χ4n) is 1.61. The highest BCUT2D eigenvalue weighted by Gasteiger charge is 2.15. The van der Waals surface area contributed by atoms with E-state index in [0.29, 0.717) is 5.75 Å². The average molecular weight is 270 g/mol. The van der Waals surface area contributed by atoms with E-state index in [4.69, 9.17) is 10.5 Å². The molecule has 1 rings (SSSR count). The van der Waals surface area contributed by atoms with Gasteiger partial charge in [-0.15, -0.1) is 0 Å². The lowest BCUT2D eigenvalue weighted by Crippen LogP contribution is -2.27. The monoisotopic (exact) mass is 270 g/mol. The zero-order chi connectivity index (χ0) is 13.5. The Labute approximate surface area is 109 Å². The van der Waals surface area contributed by atoms with Crippen molar-refractivity contribution in [2.45, 2.75) is 6.04 Å². The van der Waals surface area contributed by atoms with Crippen molar-refractivity contribution in [3.8, 4) is 5.75 Å². The van der Waals surface area contributed by atoms with Crippen LogP contribution in [0.3, 0.4) is 0 Å². The molecular formula is C12H18N2O3S. The van der Waals surface area contributed by atoms with Gasteiger partial charge in [0.2, 0.25) is 5.91 Å². The number of hydrogen-bond donors (Lipinski definition) is 2. The van der Waals surface area contributed by atoms with E-state index >= 15 is 0 Å². The molecule has 0 aliphatic heterocycles. The lowest BCUT2D eigenvalue weighted by Gasteiger charge is -2.16. The van der Waals surface area contributed by atoms with Crippen molar-refractivity contribution in [3.05, 3.63) is 29.8 Å². The van der Waals surface area contributed by atoms with Crippen LogP contribution in [0.25, 0.3) is 0 Å². The zero-order valence-electron chi connectivity index (χ0n) is 10.5. The standard InChI is InChI=1S/C12H18N2O3S/c1-14-11(7-18(16)8-12(13)15)9-4-3-5-10(6-9)17-2/h3-6,11,14H,7-8H2,1-2H3,(H2,13,15). The summed E-state index contributed by atoms with van der Waals surface area (Å²) < 4.78 is 16.8. The number of benzene rings is 1. The van der Waals surface area contributed by atoms with Gasteiger partial charge in [0.25, 0.3) is 0 Å². The number of carbonyl (C=O) groups excluding carboxylic acids is 1. The van der Waals surface area contributed by atoms with E-state index in [2.05, 4.69) is 5.32 Å². The first-order valence-corrected chi connectivity index (χ1v) is 7.00. The van der Waals surface area contributed by atoms with Gasteiger partial charge in [0.05, 0.1) is 7.11 Å². The summed E-state index contributed by atoms with van der Waals surface area (Å²) in [5, 5.41) is 3.07. The van der Waals surface area contributed by atoms with Gasteiger partial charge in [0, 0.05) is 22.6 Å². The molecule has 1 aromatic carbocycles. The molecular weight excluding hydrogens is 252 g/mol. The number of methoxy groups -OCH3 is 1. The van der Waals surface area contributed by atoms with Gasteiger partial charge in [-0.1, -0.05) is 12.1 Å².